The second-order valence-corrected chi connectivity index (χ2v) is 7.74. The smallest absolute Gasteiger partial charge is 0.331 e. The molecule has 1 N–H and O–H groups in total. The van der Waals surface area contributed by atoms with Gasteiger partial charge in [0.1, 0.15) is 29.6 Å². The molecule has 0 spiro atoms. The molecule has 29 heavy (non-hydrogen) atoms. The molecule has 0 amide bonds. The van der Waals surface area contributed by atoms with Crippen molar-refractivity contribution in [3.8, 4) is 5.75 Å². The summed E-state index contributed by atoms with van der Waals surface area (Å²) in [6, 6.07) is 7.31. The van der Waals surface area contributed by atoms with Crippen LogP contribution in [0.25, 0.3) is 16.3 Å². The van der Waals surface area contributed by atoms with Crippen LogP contribution in [-0.4, -0.2) is 22.5 Å². The van der Waals surface area contributed by atoms with Crippen molar-refractivity contribution in [2.75, 3.05) is 6.61 Å². The quantitative estimate of drug-likeness (QED) is 0.365. The van der Waals surface area contributed by atoms with Gasteiger partial charge in [-0.1, -0.05) is 24.8 Å². The van der Waals surface area contributed by atoms with Gasteiger partial charge in [-0.15, -0.1) is 11.3 Å². The van der Waals surface area contributed by atoms with Crippen LogP contribution >= 0.6 is 11.3 Å². The number of nitrogens with one attached hydrogen (secondary N) is 1. The zero-order valence-corrected chi connectivity index (χ0v) is 16.6. The van der Waals surface area contributed by atoms with E-state index in [1.807, 2.05) is 24.3 Å². The maximum atomic E-state index is 12.4. The van der Waals surface area contributed by atoms with Crippen LogP contribution in [0.15, 0.2) is 47.8 Å². The summed E-state index contributed by atoms with van der Waals surface area (Å²) in [6.07, 6.45) is 7.70. The van der Waals surface area contributed by atoms with Crippen LogP contribution in [-0.2, 0) is 29.0 Å². The summed E-state index contributed by atoms with van der Waals surface area (Å²) >= 11 is 1.56. The lowest BCUT2D eigenvalue weighted by Crippen LogP contribution is -2.13. The number of nitrogens with zero attached hydrogens (tertiary/aromatic N) is 1. The molecule has 0 radical (unpaired) electrons. The van der Waals surface area contributed by atoms with Gasteiger partial charge in [0.15, 0.2) is 0 Å². The summed E-state index contributed by atoms with van der Waals surface area (Å²) in [5.41, 5.74) is 1.81. The Morgan fingerprint density at radius 2 is 2.10 bits per heavy atom. The SMILES string of the molecule is C=CCOc1ccc(/C=C/C(=O)OCc2nc3sc4c(c3c(=O)[nH]2)CCC4)cc1. The van der Waals surface area contributed by atoms with Gasteiger partial charge >= 0.3 is 5.97 Å². The molecule has 0 saturated carbocycles. The Morgan fingerprint density at radius 1 is 1.28 bits per heavy atom. The lowest BCUT2D eigenvalue weighted by Gasteiger charge is -2.03. The average Bonchev–Trinajstić information content (AvgIpc) is 3.30. The van der Waals surface area contributed by atoms with E-state index in [0.717, 1.165) is 41.0 Å². The Balaban J connectivity index is 1.37. The van der Waals surface area contributed by atoms with Gasteiger partial charge in [-0.05, 0) is 48.6 Å². The first kappa shape index (κ1) is 19.1. The average molecular weight is 408 g/mol. The van der Waals surface area contributed by atoms with Gasteiger partial charge in [0.05, 0.1) is 5.39 Å². The number of aromatic nitrogens is 2. The number of carbonyl (C=O) groups is 1. The molecule has 3 aromatic rings. The summed E-state index contributed by atoms with van der Waals surface area (Å²) < 4.78 is 10.6. The lowest BCUT2D eigenvalue weighted by molar-refractivity contribution is -0.139. The summed E-state index contributed by atoms with van der Waals surface area (Å²) in [5, 5.41) is 0.693. The zero-order valence-electron chi connectivity index (χ0n) is 15.8. The highest BCUT2D eigenvalue weighted by molar-refractivity contribution is 7.18. The number of carbonyl (C=O) groups excluding carboxylic acids is 1. The van der Waals surface area contributed by atoms with Gasteiger partial charge in [0.25, 0.3) is 5.56 Å². The van der Waals surface area contributed by atoms with Crippen molar-refractivity contribution in [2.24, 2.45) is 0 Å². The third kappa shape index (κ3) is 4.30. The summed E-state index contributed by atoms with van der Waals surface area (Å²) in [5.74, 6) is 0.580. The van der Waals surface area contributed by atoms with Crippen molar-refractivity contribution in [1.82, 2.24) is 9.97 Å². The fraction of sp³-hybridized carbons (Fsp3) is 0.227. The van der Waals surface area contributed by atoms with Crippen molar-refractivity contribution >= 4 is 33.6 Å². The molecule has 0 aliphatic heterocycles. The fourth-order valence-corrected chi connectivity index (χ4v) is 4.58. The van der Waals surface area contributed by atoms with E-state index in [1.165, 1.54) is 11.0 Å². The topological polar surface area (TPSA) is 81.3 Å². The van der Waals surface area contributed by atoms with Gasteiger partial charge in [-0.2, -0.15) is 0 Å². The standard InChI is InChI=1S/C22H20N2O4S/c1-2-12-27-15-9-6-14(7-10-15)8-11-19(25)28-13-18-23-21(26)20-16-4-3-5-17(16)29-22(20)24-18/h2,6-11H,1,3-5,12-13H2,(H,23,24,26)/b11-8+. The highest BCUT2D eigenvalue weighted by Crippen LogP contribution is 2.34. The number of hydrogen-bond donors (Lipinski definition) is 1. The molecule has 148 valence electrons. The minimum absolute atomic E-state index is 0.0781. The van der Waals surface area contributed by atoms with Crippen LogP contribution in [0.2, 0.25) is 0 Å². The first-order valence-corrected chi connectivity index (χ1v) is 10.2. The number of rotatable bonds is 7. The van der Waals surface area contributed by atoms with Crippen LogP contribution in [0.5, 0.6) is 5.75 Å². The number of thiophene rings is 1. The minimum Gasteiger partial charge on any atom is -0.490 e. The van der Waals surface area contributed by atoms with Crippen LogP contribution in [0.1, 0.15) is 28.2 Å². The maximum Gasteiger partial charge on any atom is 0.331 e. The Morgan fingerprint density at radius 3 is 2.90 bits per heavy atom. The molecule has 4 rings (SSSR count). The highest BCUT2D eigenvalue weighted by Gasteiger charge is 2.21. The Bertz CT molecular complexity index is 1140. The molecular formula is C22H20N2O4S. The normalized spacial score (nSPS) is 13.0. The number of benzene rings is 1. The third-order valence-corrected chi connectivity index (χ3v) is 5.82. The van der Waals surface area contributed by atoms with Crippen LogP contribution < -0.4 is 10.3 Å². The molecule has 0 bridgehead atoms. The van der Waals surface area contributed by atoms with Crippen molar-refractivity contribution in [3.05, 3.63) is 75.2 Å². The van der Waals surface area contributed by atoms with E-state index >= 15 is 0 Å². The van der Waals surface area contributed by atoms with Gasteiger partial charge < -0.3 is 14.5 Å². The molecule has 2 aromatic heterocycles. The summed E-state index contributed by atoms with van der Waals surface area (Å²) in [6.45, 7) is 3.97. The van der Waals surface area contributed by atoms with E-state index < -0.39 is 5.97 Å². The van der Waals surface area contributed by atoms with Crippen LogP contribution in [0.3, 0.4) is 0 Å². The maximum absolute atomic E-state index is 12.4. The fourth-order valence-electron chi connectivity index (χ4n) is 3.30. The molecule has 1 aliphatic rings. The van der Waals surface area contributed by atoms with E-state index in [4.69, 9.17) is 9.47 Å². The highest BCUT2D eigenvalue weighted by atomic mass is 32.1. The molecule has 1 aliphatic carbocycles. The third-order valence-electron chi connectivity index (χ3n) is 4.64. The van der Waals surface area contributed by atoms with E-state index in [0.29, 0.717) is 17.8 Å². The van der Waals surface area contributed by atoms with E-state index in [9.17, 15) is 9.59 Å². The Hall–Kier alpha value is -3.19. The molecule has 0 atom stereocenters. The minimum atomic E-state index is -0.506. The monoisotopic (exact) mass is 408 g/mol. The zero-order chi connectivity index (χ0) is 20.2. The Labute approximate surface area is 171 Å². The molecule has 0 unspecified atom stereocenters. The molecule has 7 heteroatoms. The lowest BCUT2D eigenvalue weighted by atomic mass is 10.2. The number of aryl methyl sites for hydroxylation is 2. The van der Waals surface area contributed by atoms with Gasteiger partial charge in [-0.3, -0.25) is 4.79 Å². The number of ether oxygens (including phenoxy) is 2. The van der Waals surface area contributed by atoms with Crippen molar-refractivity contribution < 1.29 is 14.3 Å². The van der Waals surface area contributed by atoms with Gasteiger partial charge in [0, 0.05) is 11.0 Å². The first-order valence-electron chi connectivity index (χ1n) is 9.36. The number of H-pyrrole nitrogens is 1. The van der Waals surface area contributed by atoms with Crippen molar-refractivity contribution in [1.29, 1.82) is 0 Å². The van der Waals surface area contributed by atoms with E-state index in [1.54, 1.807) is 23.5 Å². The van der Waals surface area contributed by atoms with E-state index in [-0.39, 0.29) is 12.2 Å². The Kier molecular flexibility index (Phi) is 5.57. The molecule has 1 aromatic carbocycles. The number of hydrogen-bond acceptors (Lipinski definition) is 6. The molecular weight excluding hydrogens is 388 g/mol. The first-order chi connectivity index (χ1) is 14.1. The van der Waals surface area contributed by atoms with Crippen molar-refractivity contribution in [3.63, 3.8) is 0 Å². The number of aromatic amines is 1. The molecule has 0 saturated heterocycles. The predicted molar refractivity (Wildman–Crippen MR) is 113 cm³/mol. The largest absolute Gasteiger partial charge is 0.490 e. The molecule has 6 nitrogen and oxygen atoms in total. The van der Waals surface area contributed by atoms with Gasteiger partial charge in [0.2, 0.25) is 0 Å². The summed E-state index contributed by atoms with van der Waals surface area (Å²) in [7, 11) is 0. The van der Waals surface area contributed by atoms with Crippen LogP contribution in [0.4, 0.5) is 0 Å². The molecule has 0 fully saturated rings. The van der Waals surface area contributed by atoms with Crippen molar-refractivity contribution in [2.45, 2.75) is 25.9 Å². The number of fused-ring (bicyclic) bond motifs is 3. The van der Waals surface area contributed by atoms with Gasteiger partial charge in [-0.25, -0.2) is 9.78 Å². The predicted octanol–water partition coefficient (Wildman–Crippen LogP) is 3.79. The van der Waals surface area contributed by atoms with E-state index in [2.05, 4.69) is 16.5 Å². The second kappa shape index (κ2) is 8.45. The van der Waals surface area contributed by atoms with Crippen LogP contribution in [0, 0.1) is 0 Å². The molecule has 2 heterocycles. The summed E-state index contributed by atoms with van der Waals surface area (Å²) in [4.78, 5) is 33.6. The second-order valence-electron chi connectivity index (χ2n) is 6.66. The number of esters is 1.